The number of halogens is 2. The molecule has 3 rings (SSSR count). The van der Waals surface area contributed by atoms with Crippen LogP contribution in [-0.2, 0) is 22.6 Å². The summed E-state index contributed by atoms with van der Waals surface area (Å²) in [5, 5.41) is 3.89. The molecule has 7 heteroatoms. The molecule has 35 heavy (non-hydrogen) atoms. The summed E-state index contributed by atoms with van der Waals surface area (Å²) in [6.07, 6.45) is 0.411. The second kappa shape index (κ2) is 13.6. The maximum Gasteiger partial charge on any atom is 0.243 e. The van der Waals surface area contributed by atoms with Crippen molar-refractivity contribution in [2.24, 2.45) is 5.92 Å². The summed E-state index contributed by atoms with van der Waals surface area (Å²) in [6.45, 7) is 4.87. The average molecular weight is 530 g/mol. The lowest BCUT2D eigenvalue weighted by Crippen LogP contribution is -2.51. The molecule has 0 fully saturated rings. The van der Waals surface area contributed by atoms with Gasteiger partial charge in [-0.1, -0.05) is 91.6 Å². The molecule has 0 bridgehead atoms. The van der Waals surface area contributed by atoms with Gasteiger partial charge in [-0.3, -0.25) is 9.59 Å². The van der Waals surface area contributed by atoms with E-state index in [9.17, 15) is 9.59 Å². The fourth-order valence-corrected chi connectivity index (χ4v) is 4.68. The van der Waals surface area contributed by atoms with E-state index in [-0.39, 0.29) is 24.1 Å². The normalized spacial score (nSPS) is 11.8. The van der Waals surface area contributed by atoms with Crippen LogP contribution in [0.15, 0.2) is 83.8 Å². The minimum absolute atomic E-state index is 0.120. The molecule has 0 unspecified atom stereocenters. The summed E-state index contributed by atoms with van der Waals surface area (Å²) < 4.78 is 0. The molecular weight excluding hydrogens is 499 g/mol. The maximum atomic E-state index is 13.6. The zero-order chi connectivity index (χ0) is 25.2. The number of benzene rings is 3. The molecule has 4 nitrogen and oxygen atoms in total. The second-order valence-corrected chi connectivity index (χ2v) is 10.6. The Morgan fingerprint density at radius 2 is 1.54 bits per heavy atom. The lowest BCUT2D eigenvalue weighted by molar-refractivity contribution is -0.139. The highest BCUT2D eigenvalue weighted by Crippen LogP contribution is 2.25. The summed E-state index contributed by atoms with van der Waals surface area (Å²) in [5.41, 5.74) is 1.80. The molecule has 0 radical (unpaired) electrons. The first-order chi connectivity index (χ1) is 16.8. The number of thioether (sulfide) groups is 1. The molecule has 2 amide bonds. The first-order valence-corrected chi connectivity index (χ1v) is 13.3. The molecule has 3 aromatic rings. The Balaban J connectivity index is 1.91. The van der Waals surface area contributed by atoms with Crippen molar-refractivity contribution in [2.75, 3.05) is 12.3 Å². The monoisotopic (exact) mass is 528 g/mol. The van der Waals surface area contributed by atoms with Gasteiger partial charge in [0, 0.05) is 24.4 Å². The highest BCUT2D eigenvalue weighted by molar-refractivity contribution is 8.00. The van der Waals surface area contributed by atoms with Crippen molar-refractivity contribution in [1.29, 1.82) is 0 Å². The maximum absolute atomic E-state index is 13.6. The molecule has 184 valence electrons. The van der Waals surface area contributed by atoms with Crippen molar-refractivity contribution < 1.29 is 9.59 Å². The topological polar surface area (TPSA) is 49.4 Å². The van der Waals surface area contributed by atoms with Crippen LogP contribution in [0.2, 0.25) is 10.0 Å². The quantitative estimate of drug-likeness (QED) is 0.289. The van der Waals surface area contributed by atoms with Gasteiger partial charge in [-0.2, -0.15) is 0 Å². The molecule has 0 saturated heterocycles. The molecule has 0 spiro atoms. The van der Waals surface area contributed by atoms with Crippen molar-refractivity contribution in [3.8, 4) is 0 Å². The third-order valence-electron chi connectivity index (χ3n) is 5.40. The van der Waals surface area contributed by atoms with Gasteiger partial charge in [-0.15, -0.1) is 11.8 Å². The minimum atomic E-state index is -0.672. The van der Waals surface area contributed by atoms with E-state index < -0.39 is 6.04 Å². The Kier molecular flexibility index (Phi) is 10.5. The van der Waals surface area contributed by atoms with E-state index in [1.54, 1.807) is 17.0 Å². The van der Waals surface area contributed by atoms with Gasteiger partial charge < -0.3 is 10.2 Å². The first kappa shape index (κ1) is 27.1. The van der Waals surface area contributed by atoms with Gasteiger partial charge in [-0.05, 0) is 41.3 Å². The molecule has 0 aliphatic heterocycles. The highest BCUT2D eigenvalue weighted by Gasteiger charge is 2.30. The van der Waals surface area contributed by atoms with Crippen LogP contribution in [0.3, 0.4) is 0 Å². The van der Waals surface area contributed by atoms with Gasteiger partial charge in [0.25, 0.3) is 0 Å². The largest absolute Gasteiger partial charge is 0.354 e. The van der Waals surface area contributed by atoms with Gasteiger partial charge in [0.1, 0.15) is 6.04 Å². The predicted molar refractivity (Wildman–Crippen MR) is 146 cm³/mol. The van der Waals surface area contributed by atoms with Crippen molar-refractivity contribution in [1.82, 2.24) is 10.2 Å². The molecule has 0 aliphatic rings. The van der Waals surface area contributed by atoms with Crippen molar-refractivity contribution in [3.05, 3.63) is 100 Å². The van der Waals surface area contributed by atoms with Crippen LogP contribution in [0.25, 0.3) is 0 Å². The lowest BCUT2D eigenvalue weighted by Gasteiger charge is -2.32. The van der Waals surface area contributed by atoms with Gasteiger partial charge in [-0.25, -0.2) is 0 Å². The number of hydrogen-bond acceptors (Lipinski definition) is 3. The van der Waals surface area contributed by atoms with Crippen LogP contribution < -0.4 is 5.32 Å². The summed E-state index contributed by atoms with van der Waals surface area (Å²) in [7, 11) is 0. The molecule has 0 heterocycles. The first-order valence-electron chi connectivity index (χ1n) is 11.6. The number of hydrogen-bond donors (Lipinski definition) is 1. The standard InChI is InChI=1S/C28H30Cl2N2O2S/c1-20(2)17-31-28(34)26(16-21-9-5-3-6-10-21)32(18-22-13-14-24(29)25(30)15-22)27(33)19-35-23-11-7-4-8-12-23/h3-15,20,26H,16-19H2,1-2H3,(H,31,34)/t26-/m1/s1. The number of rotatable bonds is 11. The summed E-state index contributed by atoms with van der Waals surface area (Å²) in [5.74, 6) is 0.226. The van der Waals surface area contributed by atoms with Crippen molar-refractivity contribution >= 4 is 46.8 Å². The zero-order valence-corrected chi connectivity index (χ0v) is 22.2. The van der Waals surface area contributed by atoms with E-state index >= 15 is 0 Å². The summed E-state index contributed by atoms with van der Waals surface area (Å²) in [6, 6.07) is 24.2. The van der Waals surface area contributed by atoms with Crippen LogP contribution >= 0.6 is 35.0 Å². The number of nitrogens with zero attached hydrogens (tertiary/aromatic N) is 1. The highest BCUT2D eigenvalue weighted by atomic mass is 35.5. The van der Waals surface area contributed by atoms with Gasteiger partial charge >= 0.3 is 0 Å². The van der Waals surface area contributed by atoms with Crippen LogP contribution in [-0.4, -0.2) is 35.1 Å². The molecule has 3 aromatic carbocycles. The second-order valence-electron chi connectivity index (χ2n) is 8.72. The number of nitrogens with one attached hydrogen (secondary N) is 1. The SMILES string of the molecule is CC(C)CNC(=O)[C@@H](Cc1ccccc1)N(Cc1ccc(Cl)c(Cl)c1)C(=O)CSc1ccccc1. The Labute approximate surface area is 222 Å². The fourth-order valence-electron chi connectivity index (χ4n) is 3.56. The molecule has 1 atom stereocenters. The molecule has 0 saturated carbocycles. The van der Waals surface area contributed by atoms with E-state index in [2.05, 4.69) is 5.32 Å². The van der Waals surface area contributed by atoms with Gasteiger partial charge in [0.05, 0.1) is 15.8 Å². The third-order valence-corrected chi connectivity index (χ3v) is 7.13. The zero-order valence-electron chi connectivity index (χ0n) is 19.9. The number of carbonyl (C=O) groups is 2. The van der Waals surface area contributed by atoms with Gasteiger partial charge in [0.2, 0.25) is 11.8 Å². The Hall–Kier alpha value is -2.47. The van der Waals surface area contributed by atoms with E-state index in [0.717, 1.165) is 16.0 Å². The van der Waals surface area contributed by atoms with E-state index in [0.29, 0.717) is 28.9 Å². The number of amides is 2. The van der Waals surface area contributed by atoms with E-state index in [1.807, 2.05) is 80.6 Å². The molecule has 1 N–H and O–H groups in total. The van der Waals surface area contributed by atoms with Crippen molar-refractivity contribution in [3.63, 3.8) is 0 Å². The minimum Gasteiger partial charge on any atom is -0.354 e. The van der Waals surface area contributed by atoms with Crippen LogP contribution in [0.5, 0.6) is 0 Å². The Morgan fingerprint density at radius 3 is 2.17 bits per heavy atom. The van der Waals surface area contributed by atoms with Crippen LogP contribution in [0.4, 0.5) is 0 Å². The smallest absolute Gasteiger partial charge is 0.243 e. The molecule has 0 aliphatic carbocycles. The molecular formula is C28H30Cl2N2O2S. The van der Waals surface area contributed by atoms with Crippen molar-refractivity contribution in [2.45, 2.75) is 37.8 Å². The predicted octanol–water partition coefficient (Wildman–Crippen LogP) is 6.50. The van der Waals surface area contributed by atoms with Crippen LogP contribution in [0, 0.1) is 5.92 Å². The Morgan fingerprint density at radius 1 is 0.886 bits per heavy atom. The van der Waals surface area contributed by atoms with Gasteiger partial charge in [0.15, 0.2) is 0 Å². The Bertz CT molecular complexity index is 1110. The fraction of sp³-hybridized carbons (Fsp3) is 0.286. The summed E-state index contributed by atoms with van der Waals surface area (Å²) in [4.78, 5) is 29.7. The number of carbonyl (C=O) groups excluding carboxylic acids is 2. The lowest BCUT2D eigenvalue weighted by atomic mass is 10.0. The third kappa shape index (κ3) is 8.60. The van der Waals surface area contributed by atoms with Crippen LogP contribution in [0.1, 0.15) is 25.0 Å². The van der Waals surface area contributed by atoms with E-state index in [1.165, 1.54) is 11.8 Å². The summed E-state index contributed by atoms with van der Waals surface area (Å²) >= 11 is 13.8. The van der Waals surface area contributed by atoms with E-state index in [4.69, 9.17) is 23.2 Å². The average Bonchev–Trinajstić information content (AvgIpc) is 2.86. The molecule has 0 aromatic heterocycles.